The summed E-state index contributed by atoms with van der Waals surface area (Å²) in [6.45, 7) is 4.33. The van der Waals surface area contributed by atoms with Gasteiger partial charge in [0.05, 0.1) is 6.04 Å². The number of ether oxygens (including phenoxy) is 2. The molecule has 1 rings (SSSR count). The summed E-state index contributed by atoms with van der Waals surface area (Å²) in [5.41, 5.74) is 0. The van der Waals surface area contributed by atoms with Gasteiger partial charge in [-0.2, -0.15) is 0 Å². The Morgan fingerprint density at radius 3 is 2.46 bits per heavy atom. The number of carbonyl (C=O) groups is 4. The number of nitrogens with one attached hydrogen (secondary N) is 1. The molecule has 0 aromatic carbocycles. The Kier molecular flexibility index (Phi) is 7.67. The minimum atomic E-state index is -0.837. The molecule has 0 aromatic rings. The van der Waals surface area contributed by atoms with Crippen LogP contribution in [0.2, 0.25) is 0 Å². The molecular formula is C16H26N2O6. The Labute approximate surface area is 141 Å². The first-order valence-electron chi connectivity index (χ1n) is 8.13. The highest BCUT2D eigenvalue weighted by Gasteiger charge is 2.30. The van der Waals surface area contributed by atoms with E-state index in [1.807, 2.05) is 0 Å². The average molecular weight is 342 g/mol. The summed E-state index contributed by atoms with van der Waals surface area (Å²) in [5, 5.41) is 2.49. The van der Waals surface area contributed by atoms with Gasteiger partial charge in [0, 0.05) is 19.4 Å². The lowest BCUT2D eigenvalue weighted by Gasteiger charge is -2.29. The van der Waals surface area contributed by atoms with Gasteiger partial charge in [-0.15, -0.1) is 0 Å². The van der Waals surface area contributed by atoms with Crippen molar-refractivity contribution in [3.8, 4) is 0 Å². The third-order valence-electron chi connectivity index (χ3n) is 3.90. The van der Waals surface area contributed by atoms with E-state index in [1.54, 1.807) is 13.8 Å². The zero-order chi connectivity index (χ0) is 18.3. The van der Waals surface area contributed by atoms with Crippen LogP contribution in [-0.2, 0) is 23.9 Å². The van der Waals surface area contributed by atoms with Crippen molar-refractivity contribution < 1.29 is 28.7 Å². The van der Waals surface area contributed by atoms with Gasteiger partial charge in [0.1, 0.15) is 6.04 Å². The van der Waals surface area contributed by atoms with Crippen molar-refractivity contribution in [2.24, 2.45) is 5.92 Å². The smallest absolute Gasteiger partial charge is 0.413 e. The normalized spacial score (nSPS) is 18.7. The van der Waals surface area contributed by atoms with E-state index >= 15 is 0 Å². The molecule has 8 nitrogen and oxygen atoms in total. The third-order valence-corrected chi connectivity index (χ3v) is 3.90. The maximum Gasteiger partial charge on any atom is 0.413 e. The van der Waals surface area contributed by atoms with Crippen LogP contribution >= 0.6 is 0 Å². The number of esters is 1. The highest BCUT2D eigenvalue weighted by Crippen LogP contribution is 2.19. The average Bonchev–Trinajstić information content (AvgIpc) is 2.54. The van der Waals surface area contributed by atoms with Crippen molar-refractivity contribution in [2.75, 3.05) is 13.8 Å². The standard InChI is InChI=1S/C16H26N2O6/c1-10(2)14(20)17-11(3)15(21)23-9-24-16(22)18(4)12-7-5-6-8-13(12)19/h10-12H,5-9H2,1-4H3,(H,17,20). The molecule has 8 heteroatoms. The molecule has 0 bridgehead atoms. The predicted octanol–water partition coefficient (Wildman–Crippen LogP) is 1.23. The maximum atomic E-state index is 11.9. The summed E-state index contributed by atoms with van der Waals surface area (Å²) in [4.78, 5) is 48.1. The van der Waals surface area contributed by atoms with E-state index in [2.05, 4.69) is 5.32 Å². The molecule has 24 heavy (non-hydrogen) atoms. The topological polar surface area (TPSA) is 102 Å². The highest BCUT2D eigenvalue weighted by atomic mass is 16.7. The van der Waals surface area contributed by atoms with Crippen molar-refractivity contribution in [3.63, 3.8) is 0 Å². The Morgan fingerprint density at radius 2 is 1.88 bits per heavy atom. The molecule has 0 spiro atoms. The van der Waals surface area contributed by atoms with E-state index in [0.29, 0.717) is 12.8 Å². The van der Waals surface area contributed by atoms with E-state index in [4.69, 9.17) is 9.47 Å². The van der Waals surface area contributed by atoms with Gasteiger partial charge in [0.25, 0.3) is 0 Å². The monoisotopic (exact) mass is 342 g/mol. The summed E-state index contributed by atoms with van der Waals surface area (Å²) in [7, 11) is 1.49. The molecule has 2 atom stereocenters. The second-order valence-electron chi connectivity index (χ2n) is 6.22. The zero-order valence-corrected chi connectivity index (χ0v) is 14.7. The second-order valence-corrected chi connectivity index (χ2v) is 6.22. The fourth-order valence-corrected chi connectivity index (χ4v) is 2.31. The molecule has 1 fully saturated rings. The molecule has 1 saturated carbocycles. The largest absolute Gasteiger partial charge is 0.426 e. The van der Waals surface area contributed by atoms with E-state index in [9.17, 15) is 19.2 Å². The van der Waals surface area contributed by atoms with Gasteiger partial charge in [0.15, 0.2) is 5.78 Å². The summed E-state index contributed by atoms with van der Waals surface area (Å²) in [6, 6.07) is -1.32. The number of rotatable bonds is 6. The fourth-order valence-electron chi connectivity index (χ4n) is 2.31. The van der Waals surface area contributed by atoms with Crippen molar-refractivity contribution in [3.05, 3.63) is 0 Å². The van der Waals surface area contributed by atoms with E-state index in [0.717, 1.165) is 12.8 Å². The second kappa shape index (κ2) is 9.24. The minimum absolute atomic E-state index is 0.0164. The van der Waals surface area contributed by atoms with Gasteiger partial charge in [-0.25, -0.2) is 9.59 Å². The van der Waals surface area contributed by atoms with Gasteiger partial charge in [-0.3, -0.25) is 9.59 Å². The van der Waals surface area contributed by atoms with Crippen molar-refractivity contribution in [2.45, 2.75) is 58.5 Å². The first kappa shape index (κ1) is 19.9. The number of likely N-dealkylation sites (N-methyl/N-ethyl adjacent to an activating group) is 1. The maximum absolute atomic E-state index is 11.9. The first-order valence-corrected chi connectivity index (χ1v) is 8.13. The van der Waals surface area contributed by atoms with Crippen LogP contribution in [0.15, 0.2) is 0 Å². The van der Waals surface area contributed by atoms with Gasteiger partial charge < -0.3 is 19.7 Å². The molecule has 0 aliphatic heterocycles. The lowest BCUT2D eigenvalue weighted by molar-refractivity contribution is -0.156. The number of ketones is 1. The number of hydrogen-bond acceptors (Lipinski definition) is 6. The van der Waals surface area contributed by atoms with Crippen LogP contribution in [0.3, 0.4) is 0 Å². The van der Waals surface area contributed by atoms with Crippen LogP contribution in [-0.4, -0.2) is 54.6 Å². The number of nitrogens with zero attached hydrogens (tertiary/aromatic N) is 1. The molecule has 0 radical (unpaired) electrons. The summed E-state index contributed by atoms with van der Waals surface area (Å²) in [5.74, 6) is -1.21. The Balaban J connectivity index is 2.35. The van der Waals surface area contributed by atoms with Gasteiger partial charge >= 0.3 is 12.1 Å². The van der Waals surface area contributed by atoms with E-state index in [1.165, 1.54) is 18.9 Å². The molecule has 136 valence electrons. The molecule has 1 N–H and O–H groups in total. The summed E-state index contributed by atoms with van der Waals surface area (Å²) in [6.07, 6.45) is 2.08. The van der Waals surface area contributed by atoms with Crippen LogP contribution in [0.25, 0.3) is 0 Å². The lowest BCUT2D eigenvalue weighted by Crippen LogP contribution is -2.45. The number of hydrogen-bond donors (Lipinski definition) is 1. The molecule has 0 heterocycles. The molecule has 0 aromatic heterocycles. The SMILES string of the molecule is CC(C)C(=O)NC(C)C(=O)OCOC(=O)N(C)C1CCCCC1=O. The number of Topliss-reactive ketones (excluding diaryl/α,β-unsaturated/α-hetero) is 1. The van der Waals surface area contributed by atoms with Crippen molar-refractivity contribution >= 4 is 23.8 Å². The van der Waals surface area contributed by atoms with Crippen molar-refractivity contribution in [1.82, 2.24) is 10.2 Å². The van der Waals surface area contributed by atoms with E-state index in [-0.39, 0.29) is 17.6 Å². The Hall–Kier alpha value is -2.12. The molecule has 1 aliphatic carbocycles. The van der Waals surface area contributed by atoms with Crippen LogP contribution < -0.4 is 5.32 Å². The van der Waals surface area contributed by atoms with Crippen LogP contribution in [0.5, 0.6) is 0 Å². The number of carbonyl (C=O) groups excluding carboxylic acids is 4. The van der Waals surface area contributed by atoms with Gasteiger partial charge in [-0.05, 0) is 19.8 Å². The third kappa shape index (κ3) is 5.82. The van der Waals surface area contributed by atoms with Crippen LogP contribution in [0.4, 0.5) is 4.79 Å². The Morgan fingerprint density at radius 1 is 1.21 bits per heavy atom. The van der Waals surface area contributed by atoms with Crippen LogP contribution in [0, 0.1) is 5.92 Å². The minimum Gasteiger partial charge on any atom is -0.426 e. The lowest BCUT2D eigenvalue weighted by atomic mass is 9.93. The van der Waals surface area contributed by atoms with Crippen LogP contribution in [0.1, 0.15) is 46.5 Å². The quantitative estimate of drug-likeness (QED) is 0.575. The van der Waals surface area contributed by atoms with Crippen molar-refractivity contribution in [1.29, 1.82) is 0 Å². The summed E-state index contributed by atoms with van der Waals surface area (Å²) >= 11 is 0. The highest BCUT2D eigenvalue weighted by molar-refractivity contribution is 5.88. The number of amides is 2. The van der Waals surface area contributed by atoms with E-state index < -0.39 is 30.9 Å². The van der Waals surface area contributed by atoms with Gasteiger partial charge in [0.2, 0.25) is 12.7 Å². The Bertz CT molecular complexity index is 491. The summed E-state index contributed by atoms with van der Waals surface area (Å²) < 4.78 is 9.67. The molecule has 2 unspecified atom stereocenters. The van der Waals surface area contributed by atoms with Gasteiger partial charge in [-0.1, -0.05) is 20.3 Å². The fraction of sp³-hybridized carbons (Fsp3) is 0.750. The molecular weight excluding hydrogens is 316 g/mol. The molecule has 2 amide bonds. The predicted molar refractivity (Wildman–Crippen MR) is 84.9 cm³/mol. The molecule has 1 aliphatic rings. The zero-order valence-electron chi connectivity index (χ0n) is 14.7. The molecule has 0 saturated heterocycles. The first-order chi connectivity index (χ1) is 11.2.